The molecule has 2 atom stereocenters. The maximum Gasteiger partial charge on any atom is 0.224 e. The minimum Gasteiger partial charge on any atom is -0.383 e. The Balaban J connectivity index is 2.56. The molecule has 0 bridgehead atoms. The third-order valence-corrected chi connectivity index (χ3v) is 4.59. The van der Waals surface area contributed by atoms with Crippen LogP contribution in [0.5, 0.6) is 0 Å². The van der Waals surface area contributed by atoms with Crippen LogP contribution in [0.1, 0.15) is 19.8 Å². The molecule has 0 saturated carbocycles. The number of sulfonamides is 1. The number of nitrogens with zero attached hydrogens (tertiary/aromatic N) is 1. The van der Waals surface area contributed by atoms with E-state index in [9.17, 15) is 13.2 Å². The van der Waals surface area contributed by atoms with Gasteiger partial charge in [0.15, 0.2) is 0 Å². The highest BCUT2D eigenvalue weighted by Crippen LogP contribution is 2.24. The first-order chi connectivity index (χ1) is 8.36. The first-order valence-corrected chi connectivity index (χ1v) is 7.94. The number of methoxy groups -OCH3 is 1. The monoisotopic (exact) mass is 278 g/mol. The summed E-state index contributed by atoms with van der Waals surface area (Å²) >= 11 is 0. The summed E-state index contributed by atoms with van der Waals surface area (Å²) in [7, 11) is -1.67. The third-order valence-electron chi connectivity index (χ3n) is 3.23. The third kappa shape index (κ3) is 4.22. The van der Waals surface area contributed by atoms with E-state index in [0.29, 0.717) is 13.2 Å². The van der Waals surface area contributed by atoms with Crippen LogP contribution < -0.4 is 5.32 Å². The molecule has 2 unspecified atom stereocenters. The molecule has 0 aliphatic carbocycles. The van der Waals surface area contributed by atoms with Crippen molar-refractivity contribution in [2.24, 2.45) is 5.92 Å². The minimum absolute atomic E-state index is 0.0250. The predicted molar refractivity (Wildman–Crippen MR) is 68.6 cm³/mol. The summed E-state index contributed by atoms with van der Waals surface area (Å²) in [5.41, 5.74) is 0. The molecule has 0 aromatic carbocycles. The van der Waals surface area contributed by atoms with Gasteiger partial charge in [0.1, 0.15) is 0 Å². The van der Waals surface area contributed by atoms with Gasteiger partial charge in [0.2, 0.25) is 15.9 Å². The van der Waals surface area contributed by atoms with Crippen molar-refractivity contribution in [3.63, 3.8) is 0 Å². The van der Waals surface area contributed by atoms with Crippen molar-refractivity contribution < 1.29 is 17.9 Å². The van der Waals surface area contributed by atoms with E-state index in [0.717, 1.165) is 12.8 Å². The van der Waals surface area contributed by atoms with Gasteiger partial charge in [0, 0.05) is 26.2 Å². The number of amides is 1. The van der Waals surface area contributed by atoms with Crippen molar-refractivity contribution in [1.29, 1.82) is 0 Å². The number of rotatable bonds is 5. The molecule has 1 saturated heterocycles. The topological polar surface area (TPSA) is 75.7 Å². The van der Waals surface area contributed by atoms with Crippen LogP contribution in [-0.2, 0) is 19.6 Å². The number of nitrogens with one attached hydrogen (secondary N) is 1. The second-order valence-electron chi connectivity index (χ2n) is 4.74. The lowest BCUT2D eigenvalue weighted by Gasteiger charge is -2.35. The van der Waals surface area contributed by atoms with E-state index in [2.05, 4.69) is 5.32 Å². The zero-order valence-electron chi connectivity index (χ0n) is 11.2. The molecule has 1 aliphatic rings. The zero-order valence-corrected chi connectivity index (χ0v) is 12.0. The number of carbonyl (C=O) groups is 1. The van der Waals surface area contributed by atoms with Gasteiger partial charge in [0.25, 0.3) is 0 Å². The average molecular weight is 278 g/mol. The van der Waals surface area contributed by atoms with Crippen LogP contribution in [0, 0.1) is 5.92 Å². The highest BCUT2D eigenvalue weighted by molar-refractivity contribution is 7.88. The van der Waals surface area contributed by atoms with Crippen LogP contribution in [0.15, 0.2) is 0 Å². The normalized spacial score (nSPS) is 25.9. The Kier molecular flexibility index (Phi) is 5.55. The smallest absolute Gasteiger partial charge is 0.224 e. The summed E-state index contributed by atoms with van der Waals surface area (Å²) < 4.78 is 29.5. The molecule has 1 amide bonds. The summed E-state index contributed by atoms with van der Waals surface area (Å²) in [6.45, 7) is 3.07. The Bertz CT molecular complexity index is 383. The number of piperidine rings is 1. The molecule has 1 fully saturated rings. The largest absolute Gasteiger partial charge is 0.383 e. The lowest BCUT2D eigenvalue weighted by atomic mass is 9.95. The molecule has 1 aliphatic heterocycles. The minimum atomic E-state index is -3.24. The van der Waals surface area contributed by atoms with Crippen molar-refractivity contribution in [2.75, 3.05) is 33.1 Å². The van der Waals surface area contributed by atoms with Crippen molar-refractivity contribution >= 4 is 15.9 Å². The molecule has 106 valence electrons. The highest BCUT2D eigenvalue weighted by Gasteiger charge is 2.34. The van der Waals surface area contributed by atoms with E-state index < -0.39 is 10.0 Å². The summed E-state index contributed by atoms with van der Waals surface area (Å²) in [5, 5.41) is 2.75. The lowest BCUT2D eigenvalue weighted by Crippen LogP contribution is -2.49. The van der Waals surface area contributed by atoms with E-state index >= 15 is 0 Å². The van der Waals surface area contributed by atoms with Crippen LogP contribution in [0.25, 0.3) is 0 Å². The van der Waals surface area contributed by atoms with E-state index in [1.54, 1.807) is 7.11 Å². The fourth-order valence-electron chi connectivity index (χ4n) is 2.17. The predicted octanol–water partition coefficient (Wildman–Crippen LogP) is -0.191. The molecule has 0 spiro atoms. The van der Waals surface area contributed by atoms with Gasteiger partial charge in [-0.3, -0.25) is 4.79 Å². The molecule has 1 heterocycles. The second-order valence-corrected chi connectivity index (χ2v) is 6.67. The van der Waals surface area contributed by atoms with Gasteiger partial charge >= 0.3 is 0 Å². The van der Waals surface area contributed by atoms with Crippen LogP contribution in [-0.4, -0.2) is 57.7 Å². The quantitative estimate of drug-likeness (QED) is 0.707. The fourth-order valence-corrected chi connectivity index (χ4v) is 3.38. The Morgan fingerprint density at radius 2 is 2.11 bits per heavy atom. The average Bonchev–Trinajstić information content (AvgIpc) is 2.28. The maximum absolute atomic E-state index is 11.9. The van der Waals surface area contributed by atoms with Gasteiger partial charge in [-0.15, -0.1) is 0 Å². The Morgan fingerprint density at radius 3 is 2.67 bits per heavy atom. The van der Waals surface area contributed by atoms with Gasteiger partial charge < -0.3 is 10.1 Å². The second kappa shape index (κ2) is 6.49. The van der Waals surface area contributed by atoms with Crippen molar-refractivity contribution in [3.8, 4) is 0 Å². The maximum atomic E-state index is 11.9. The zero-order chi connectivity index (χ0) is 13.8. The summed E-state index contributed by atoms with van der Waals surface area (Å²) in [4.78, 5) is 11.9. The van der Waals surface area contributed by atoms with Gasteiger partial charge in [-0.25, -0.2) is 8.42 Å². The molecule has 7 heteroatoms. The van der Waals surface area contributed by atoms with E-state index in [4.69, 9.17) is 4.74 Å². The van der Waals surface area contributed by atoms with Crippen LogP contribution in [0.4, 0.5) is 0 Å². The van der Waals surface area contributed by atoms with Gasteiger partial charge in [-0.05, 0) is 19.8 Å². The van der Waals surface area contributed by atoms with E-state index in [-0.39, 0.29) is 24.4 Å². The molecule has 1 N–H and O–H groups in total. The number of ether oxygens (including phenoxy) is 1. The van der Waals surface area contributed by atoms with Gasteiger partial charge in [-0.2, -0.15) is 4.31 Å². The molecule has 0 radical (unpaired) electrons. The standard InChI is InChI=1S/C11H22N2O4S/c1-9-4-5-10(8-13(9)18(3,15)16)11(14)12-6-7-17-2/h9-10H,4-8H2,1-3H3,(H,12,14). The summed E-state index contributed by atoms with van der Waals surface area (Å²) in [5.74, 6) is -0.347. The van der Waals surface area contributed by atoms with Crippen molar-refractivity contribution in [1.82, 2.24) is 9.62 Å². The fraction of sp³-hybridized carbons (Fsp3) is 0.909. The van der Waals surface area contributed by atoms with Crippen molar-refractivity contribution in [2.45, 2.75) is 25.8 Å². The molecular weight excluding hydrogens is 256 g/mol. The van der Waals surface area contributed by atoms with E-state index in [1.807, 2.05) is 6.92 Å². The molecule has 6 nitrogen and oxygen atoms in total. The first-order valence-electron chi connectivity index (χ1n) is 6.09. The Hall–Kier alpha value is -0.660. The molecule has 0 aromatic heterocycles. The van der Waals surface area contributed by atoms with Crippen LogP contribution >= 0.6 is 0 Å². The highest BCUT2D eigenvalue weighted by atomic mass is 32.2. The van der Waals surface area contributed by atoms with Crippen molar-refractivity contribution in [3.05, 3.63) is 0 Å². The summed E-state index contributed by atoms with van der Waals surface area (Å²) in [6, 6.07) is -0.0250. The van der Waals surface area contributed by atoms with E-state index in [1.165, 1.54) is 10.6 Å². The molecule has 0 aromatic rings. The summed E-state index contributed by atoms with van der Waals surface area (Å²) in [6.07, 6.45) is 2.64. The molecular formula is C11H22N2O4S. The number of hydrogen-bond acceptors (Lipinski definition) is 4. The van der Waals surface area contributed by atoms with Crippen LogP contribution in [0.2, 0.25) is 0 Å². The Labute approximate surface area is 109 Å². The lowest BCUT2D eigenvalue weighted by molar-refractivity contribution is -0.126. The molecule has 18 heavy (non-hydrogen) atoms. The Morgan fingerprint density at radius 1 is 1.44 bits per heavy atom. The first kappa shape index (κ1) is 15.4. The van der Waals surface area contributed by atoms with Crippen LogP contribution in [0.3, 0.4) is 0 Å². The number of carbonyl (C=O) groups excluding carboxylic acids is 1. The van der Waals surface area contributed by atoms with Gasteiger partial charge in [0.05, 0.1) is 18.8 Å². The molecule has 1 rings (SSSR count). The van der Waals surface area contributed by atoms with Gasteiger partial charge in [-0.1, -0.05) is 0 Å². The SMILES string of the molecule is COCCNC(=O)C1CCC(C)N(S(C)(=O)=O)C1. The number of hydrogen-bond donors (Lipinski definition) is 1.